The molecule has 3 heterocycles. The Morgan fingerprint density at radius 1 is 1.16 bits per heavy atom. The number of nitrogens with zero attached hydrogens (tertiary/aromatic N) is 3. The average molecular weight is 683 g/mol. The zero-order valence-electron chi connectivity index (χ0n) is 24.7. The zero-order valence-corrected chi connectivity index (χ0v) is 27.1. The molecule has 0 N–H and O–H groups in total. The number of hydrogen-bond donors (Lipinski definition) is 0. The molecule has 0 spiro atoms. The topological polar surface area (TPSA) is 135 Å². The number of benzene rings is 2. The first-order valence-corrected chi connectivity index (χ1v) is 15.1. The summed E-state index contributed by atoms with van der Waals surface area (Å²) in [5, 5.41) is 11.6. The van der Waals surface area contributed by atoms with Crippen LogP contribution in [0.15, 0.2) is 66.3 Å². The molecular formula is C31H28BrN3O8S. The number of nitro groups is 1. The van der Waals surface area contributed by atoms with Gasteiger partial charge in [-0.2, -0.15) is 0 Å². The number of carbonyl (C=O) groups is 1. The second-order valence-electron chi connectivity index (χ2n) is 9.93. The van der Waals surface area contributed by atoms with Crippen molar-refractivity contribution in [3.8, 4) is 22.8 Å². The Hall–Kier alpha value is -4.49. The van der Waals surface area contributed by atoms with Gasteiger partial charge in [-0.15, -0.1) is 0 Å². The number of allylic oxidation sites excluding steroid dienone is 1. The Morgan fingerprint density at radius 2 is 1.86 bits per heavy atom. The molecule has 2 aromatic carbocycles. The van der Waals surface area contributed by atoms with Gasteiger partial charge < -0.3 is 18.6 Å². The van der Waals surface area contributed by atoms with Crippen LogP contribution in [0.2, 0.25) is 0 Å². The summed E-state index contributed by atoms with van der Waals surface area (Å²) in [6.07, 6.45) is 1.59. The molecule has 4 aromatic rings. The van der Waals surface area contributed by atoms with Gasteiger partial charge in [-0.3, -0.25) is 19.5 Å². The van der Waals surface area contributed by atoms with E-state index in [1.807, 2.05) is 6.07 Å². The van der Waals surface area contributed by atoms with Crippen molar-refractivity contribution < 1.29 is 28.3 Å². The van der Waals surface area contributed by atoms with Crippen LogP contribution in [0.5, 0.6) is 11.5 Å². The van der Waals surface area contributed by atoms with Crippen LogP contribution in [0, 0.1) is 24.0 Å². The lowest BCUT2D eigenvalue weighted by Gasteiger charge is -2.26. The highest BCUT2D eigenvalue weighted by Gasteiger charge is 2.35. The van der Waals surface area contributed by atoms with Gasteiger partial charge in [0.25, 0.3) is 11.2 Å². The number of aryl methyl sites for hydroxylation is 1. The molecule has 228 valence electrons. The highest BCUT2D eigenvalue weighted by atomic mass is 79.9. The molecule has 2 aromatic heterocycles. The van der Waals surface area contributed by atoms with Crippen LogP contribution < -0.4 is 24.4 Å². The number of ether oxygens (including phenoxy) is 3. The SMILES string of the molecule is CCOC(=O)C1=C(C)N=c2s/c(=C\c3ccc(-c4cc(C)c(C)c([N+](=O)[O-])c4)o3)c(=O)n2[C@H]1c1cc(OC)c(OC)cc1Br. The van der Waals surface area contributed by atoms with E-state index in [-0.39, 0.29) is 17.9 Å². The van der Waals surface area contributed by atoms with Crippen LogP contribution in [-0.2, 0) is 9.53 Å². The van der Waals surface area contributed by atoms with Crippen molar-refractivity contribution in [2.24, 2.45) is 4.99 Å². The molecule has 1 aliphatic heterocycles. The predicted octanol–water partition coefficient (Wildman–Crippen LogP) is 5.36. The summed E-state index contributed by atoms with van der Waals surface area (Å²) in [5.74, 6) is 1.09. The molecule has 0 saturated carbocycles. The molecule has 0 saturated heterocycles. The molecule has 11 nitrogen and oxygen atoms in total. The van der Waals surface area contributed by atoms with Crippen LogP contribution in [0.3, 0.4) is 0 Å². The van der Waals surface area contributed by atoms with E-state index in [1.54, 1.807) is 58.0 Å². The number of esters is 1. The fraction of sp³-hybridized carbons (Fsp3) is 0.258. The normalized spacial score (nSPS) is 14.7. The van der Waals surface area contributed by atoms with Gasteiger partial charge in [-0.05, 0) is 69.2 Å². The van der Waals surface area contributed by atoms with E-state index >= 15 is 0 Å². The van der Waals surface area contributed by atoms with Crippen LogP contribution in [0.4, 0.5) is 5.69 Å². The van der Waals surface area contributed by atoms with Crippen molar-refractivity contribution in [2.75, 3.05) is 20.8 Å². The van der Waals surface area contributed by atoms with Crippen molar-refractivity contribution in [1.29, 1.82) is 0 Å². The number of methoxy groups -OCH3 is 2. The molecule has 0 amide bonds. The maximum absolute atomic E-state index is 14.0. The second-order valence-corrected chi connectivity index (χ2v) is 11.8. The zero-order chi connectivity index (χ0) is 31.9. The van der Waals surface area contributed by atoms with Crippen LogP contribution in [0.25, 0.3) is 17.4 Å². The average Bonchev–Trinajstić information content (AvgIpc) is 3.57. The van der Waals surface area contributed by atoms with Crippen LogP contribution in [0.1, 0.15) is 42.3 Å². The molecule has 0 aliphatic carbocycles. The number of rotatable bonds is 8. The molecule has 0 bridgehead atoms. The van der Waals surface area contributed by atoms with Crippen molar-refractivity contribution in [1.82, 2.24) is 4.57 Å². The molecule has 0 unspecified atom stereocenters. The minimum Gasteiger partial charge on any atom is -0.493 e. The Bertz CT molecular complexity index is 2040. The Morgan fingerprint density at radius 3 is 2.52 bits per heavy atom. The van der Waals surface area contributed by atoms with Crippen LogP contribution >= 0.6 is 27.3 Å². The van der Waals surface area contributed by atoms with E-state index in [0.717, 1.165) is 16.9 Å². The fourth-order valence-electron chi connectivity index (χ4n) is 5.05. The van der Waals surface area contributed by atoms with Gasteiger partial charge in [-0.25, -0.2) is 9.79 Å². The van der Waals surface area contributed by atoms with Crippen molar-refractivity contribution in [3.05, 3.63) is 104 Å². The number of furan rings is 1. The molecule has 1 atom stereocenters. The first-order chi connectivity index (χ1) is 21.0. The third-order valence-corrected chi connectivity index (χ3v) is 9.01. The second kappa shape index (κ2) is 12.2. The van der Waals surface area contributed by atoms with Gasteiger partial charge in [0.2, 0.25) is 0 Å². The standard InChI is InChI=1S/C31H28BrN3O8S/c1-7-42-30(37)27-17(4)33-31-34(28(27)20-13-24(40-5)25(41-6)14-21(20)32)29(36)26(44-31)12-19-8-9-23(43-19)18-10-15(2)16(3)22(11-18)35(38)39/h8-14,28H,7H2,1-6H3/b26-12-/t28-/m0/s1. The number of carbonyl (C=O) groups excluding carboxylic acids is 1. The smallest absolute Gasteiger partial charge is 0.338 e. The lowest BCUT2D eigenvalue weighted by Crippen LogP contribution is -2.40. The molecule has 5 rings (SSSR count). The molecule has 44 heavy (non-hydrogen) atoms. The van der Waals surface area contributed by atoms with Gasteiger partial charge in [-0.1, -0.05) is 27.3 Å². The first kappa shape index (κ1) is 31.0. The molecule has 13 heteroatoms. The minimum atomic E-state index is -0.884. The first-order valence-electron chi connectivity index (χ1n) is 13.5. The number of aromatic nitrogens is 1. The van der Waals surface area contributed by atoms with E-state index in [9.17, 15) is 19.7 Å². The summed E-state index contributed by atoms with van der Waals surface area (Å²) in [6, 6.07) is 9.22. The summed E-state index contributed by atoms with van der Waals surface area (Å²) in [4.78, 5) is 43.4. The van der Waals surface area contributed by atoms with Crippen LogP contribution in [-0.4, -0.2) is 36.3 Å². The summed E-state index contributed by atoms with van der Waals surface area (Å²) in [7, 11) is 3.02. The van der Waals surface area contributed by atoms with E-state index in [0.29, 0.717) is 59.2 Å². The molecule has 0 fully saturated rings. The lowest BCUT2D eigenvalue weighted by molar-refractivity contribution is -0.385. The number of fused-ring (bicyclic) bond motifs is 1. The summed E-state index contributed by atoms with van der Waals surface area (Å²) in [6.45, 7) is 7.05. The number of halogens is 1. The molecular weight excluding hydrogens is 654 g/mol. The quantitative estimate of drug-likeness (QED) is 0.138. The van der Waals surface area contributed by atoms with Gasteiger partial charge in [0, 0.05) is 27.7 Å². The highest BCUT2D eigenvalue weighted by Crippen LogP contribution is 2.41. The Labute approximate surface area is 264 Å². The van der Waals surface area contributed by atoms with Gasteiger partial charge in [0.1, 0.15) is 11.5 Å². The van der Waals surface area contributed by atoms with Gasteiger partial charge >= 0.3 is 5.97 Å². The van der Waals surface area contributed by atoms with E-state index in [2.05, 4.69) is 20.9 Å². The number of thiazole rings is 1. The molecule has 1 aliphatic rings. The van der Waals surface area contributed by atoms with E-state index in [4.69, 9.17) is 18.6 Å². The maximum atomic E-state index is 14.0. The summed E-state index contributed by atoms with van der Waals surface area (Å²) < 4.78 is 24.7. The summed E-state index contributed by atoms with van der Waals surface area (Å²) >= 11 is 4.74. The lowest BCUT2D eigenvalue weighted by atomic mass is 9.95. The third-order valence-electron chi connectivity index (χ3n) is 7.34. The Balaban J connectivity index is 1.67. The maximum Gasteiger partial charge on any atom is 0.338 e. The van der Waals surface area contributed by atoms with Gasteiger partial charge in [0.15, 0.2) is 16.3 Å². The largest absolute Gasteiger partial charge is 0.493 e. The summed E-state index contributed by atoms with van der Waals surface area (Å²) in [5.41, 5.74) is 2.71. The van der Waals surface area contributed by atoms with Gasteiger partial charge in [0.05, 0.1) is 47.6 Å². The highest BCUT2D eigenvalue weighted by molar-refractivity contribution is 9.10. The molecule has 0 radical (unpaired) electrons. The number of hydrogen-bond acceptors (Lipinski definition) is 10. The Kier molecular flexibility index (Phi) is 8.62. The van der Waals surface area contributed by atoms with E-state index in [1.165, 1.54) is 24.9 Å². The van der Waals surface area contributed by atoms with Crippen molar-refractivity contribution >= 4 is 45.0 Å². The van der Waals surface area contributed by atoms with E-state index < -0.39 is 22.5 Å². The van der Waals surface area contributed by atoms with Crippen molar-refractivity contribution in [3.63, 3.8) is 0 Å². The van der Waals surface area contributed by atoms with Crippen molar-refractivity contribution in [2.45, 2.75) is 33.7 Å². The minimum absolute atomic E-state index is 0.000330. The number of nitro benzene ring substituents is 1. The monoisotopic (exact) mass is 681 g/mol. The predicted molar refractivity (Wildman–Crippen MR) is 168 cm³/mol. The fourth-order valence-corrected chi connectivity index (χ4v) is 6.62. The third kappa shape index (κ3) is 5.48.